The number of hydrazone groups is 1. The first-order valence-electron chi connectivity index (χ1n) is 10.7. The molecule has 6 nitrogen and oxygen atoms in total. The number of aromatic nitrogens is 1. The van der Waals surface area contributed by atoms with E-state index in [0.717, 1.165) is 26.7 Å². The van der Waals surface area contributed by atoms with Gasteiger partial charge in [0.05, 0.1) is 24.8 Å². The topological polar surface area (TPSA) is 72.8 Å². The first kappa shape index (κ1) is 26.0. The number of nitrogens with zero attached hydrogens (tertiary/aromatic N) is 2. The van der Waals surface area contributed by atoms with E-state index in [-0.39, 0.29) is 11.7 Å². The van der Waals surface area contributed by atoms with E-state index >= 15 is 0 Å². The maximum absolute atomic E-state index is 12.2. The van der Waals surface area contributed by atoms with Crippen molar-refractivity contribution in [1.29, 1.82) is 0 Å². The molecular weight excluding hydrogens is 537 g/mol. The number of thiazole rings is 1. The van der Waals surface area contributed by atoms with Crippen LogP contribution in [-0.2, 0) is 11.4 Å². The molecule has 0 fully saturated rings. The molecule has 1 N–H and O–H groups in total. The molecule has 0 aliphatic carbocycles. The second-order valence-corrected chi connectivity index (χ2v) is 10.3. The first-order chi connectivity index (χ1) is 17.5. The highest BCUT2D eigenvalue weighted by Gasteiger charge is 2.09. The summed E-state index contributed by atoms with van der Waals surface area (Å²) in [5.74, 6) is 1.10. The lowest BCUT2D eigenvalue weighted by atomic mass is 10.2. The summed E-state index contributed by atoms with van der Waals surface area (Å²) in [5.41, 5.74) is 6.00. The van der Waals surface area contributed by atoms with Crippen molar-refractivity contribution in [2.24, 2.45) is 5.10 Å². The minimum atomic E-state index is -0.230. The average molecular weight is 559 g/mol. The minimum Gasteiger partial charge on any atom is -0.493 e. The highest BCUT2D eigenvalue weighted by molar-refractivity contribution is 8.01. The Kier molecular flexibility index (Phi) is 9.24. The van der Waals surface area contributed by atoms with Gasteiger partial charge in [-0.1, -0.05) is 65.3 Å². The Balaban J connectivity index is 1.27. The lowest BCUT2D eigenvalue weighted by Gasteiger charge is -2.12. The van der Waals surface area contributed by atoms with Crippen molar-refractivity contribution in [2.75, 3.05) is 12.9 Å². The van der Waals surface area contributed by atoms with Crippen LogP contribution in [0.1, 0.15) is 11.1 Å². The van der Waals surface area contributed by atoms with Gasteiger partial charge in [-0.3, -0.25) is 4.79 Å². The molecule has 0 aliphatic heterocycles. The molecule has 0 unspecified atom stereocenters. The van der Waals surface area contributed by atoms with Crippen molar-refractivity contribution in [2.45, 2.75) is 10.9 Å². The van der Waals surface area contributed by atoms with Crippen LogP contribution in [0.3, 0.4) is 0 Å². The highest BCUT2D eigenvalue weighted by atomic mass is 35.5. The predicted molar refractivity (Wildman–Crippen MR) is 148 cm³/mol. The third kappa shape index (κ3) is 7.24. The zero-order chi connectivity index (χ0) is 25.3. The van der Waals surface area contributed by atoms with Crippen molar-refractivity contribution in [3.8, 4) is 22.8 Å². The van der Waals surface area contributed by atoms with Gasteiger partial charge in [0, 0.05) is 26.6 Å². The van der Waals surface area contributed by atoms with Crippen molar-refractivity contribution >= 4 is 58.4 Å². The smallest absolute Gasteiger partial charge is 0.250 e. The van der Waals surface area contributed by atoms with E-state index in [1.807, 2.05) is 60.0 Å². The van der Waals surface area contributed by atoms with Gasteiger partial charge in [-0.2, -0.15) is 5.10 Å². The summed E-state index contributed by atoms with van der Waals surface area (Å²) in [6, 6.07) is 20.4. The molecule has 0 aliphatic rings. The molecule has 4 rings (SSSR count). The normalized spacial score (nSPS) is 11.0. The largest absolute Gasteiger partial charge is 0.493 e. The number of amides is 1. The molecule has 0 atom stereocenters. The molecule has 184 valence electrons. The molecule has 1 amide bonds. The van der Waals surface area contributed by atoms with E-state index < -0.39 is 0 Å². The fraction of sp³-hybridized carbons (Fsp3) is 0.115. The fourth-order valence-corrected chi connectivity index (χ4v) is 5.01. The number of carbonyl (C=O) groups excluding carboxylic acids is 1. The van der Waals surface area contributed by atoms with Crippen LogP contribution in [0.4, 0.5) is 0 Å². The lowest BCUT2D eigenvalue weighted by molar-refractivity contribution is -0.118. The van der Waals surface area contributed by atoms with Gasteiger partial charge >= 0.3 is 0 Å². The van der Waals surface area contributed by atoms with Gasteiger partial charge in [0.2, 0.25) is 0 Å². The van der Waals surface area contributed by atoms with Gasteiger partial charge in [0.1, 0.15) is 6.61 Å². The number of rotatable bonds is 10. The number of methoxy groups -OCH3 is 1. The third-order valence-corrected chi connectivity index (χ3v) is 7.52. The quantitative estimate of drug-likeness (QED) is 0.130. The van der Waals surface area contributed by atoms with Gasteiger partial charge in [-0.25, -0.2) is 10.4 Å². The molecular formula is C26H21Cl2N3O3S2. The SMILES string of the molecule is COc1cc(/C=N/NC(=O)CSc2nc(-c3ccc(Cl)cc3)cs2)ccc1OCc1ccccc1Cl. The standard InChI is InChI=1S/C26H21Cl2N3O3S2/c1-33-24-12-17(6-11-23(24)34-14-19-4-2-3-5-21(19)28)13-29-31-25(32)16-36-26-30-22(15-35-26)18-7-9-20(27)10-8-18/h2-13,15H,14,16H2,1H3,(H,31,32)/b29-13+. The maximum atomic E-state index is 12.2. The number of carbonyl (C=O) groups is 1. The summed E-state index contributed by atoms with van der Waals surface area (Å²) in [6.45, 7) is 0.317. The molecule has 1 aromatic heterocycles. The number of halogens is 2. The summed E-state index contributed by atoms with van der Waals surface area (Å²) in [5, 5.41) is 7.32. The van der Waals surface area contributed by atoms with Gasteiger partial charge < -0.3 is 9.47 Å². The van der Waals surface area contributed by atoms with E-state index in [1.165, 1.54) is 23.1 Å². The Morgan fingerprint density at radius 3 is 2.69 bits per heavy atom. The van der Waals surface area contributed by atoms with Crippen LogP contribution in [0.5, 0.6) is 11.5 Å². The molecule has 0 radical (unpaired) electrons. The van der Waals surface area contributed by atoms with Crippen LogP contribution in [-0.4, -0.2) is 30.0 Å². The third-order valence-electron chi connectivity index (χ3n) is 4.88. The van der Waals surface area contributed by atoms with Crippen LogP contribution in [0.2, 0.25) is 10.0 Å². The van der Waals surface area contributed by atoms with E-state index in [9.17, 15) is 4.79 Å². The Hall–Kier alpha value is -3.04. The number of benzene rings is 3. The summed E-state index contributed by atoms with van der Waals surface area (Å²) in [4.78, 5) is 16.8. The minimum absolute atomic E-state index is 0.197. The van der Waals surface area contributed by atoms with Gasteiger partial charge in [-0.15, -0.1) is 11.3 Å². The summed E-state index contributed by atoms with van der Waals surface area (Å²) in [7, 11) is 1.56. The number of ether oxygens (including phenoxy) is 2. The van der Waals surface area contributed by atoms with Crippen molar-refractivity contribution in [3.05, 3.63) is 93.3 Å². The summed E-state index contributed by atoms with van der Waals surface area (Å²) >= 11 is 15.0. The molecule has 4 aromatic rings. The van der Waals surface area contributed by atoms with Gasteiger partial charge in [0.15, 0.2) is 15.8 Å². The molecule has 10 heteroatoms. The second-order valence-electron chi connectivity index (χ2n) is 7.38. The van der Waals surface area contributed by atoms with Crippen LogP contribution in [0.15, 0.2) is 81.6 Å². The monoisotopic (exact) mass is 557 g/mol. The Morgan fingerprint density at radius 1 is 1.11 bits per heavy atom. The van der Waals surface area contributed by atoms with E-state index in [1.54, 1.807) is 25.5 Å². The lowest BCUT2D eigenvalue weighted by Crippen LogP contribution is -2.19. The van der Waals surface area contributed by atoms with Gasteiger partial charge in [-0.05, 0) is 42.0 Å². The van der Waals surface area contributed by atoms with E-state index in [2.05, 4.69) is 15.5 Å². The number of nitrogens with one attached hydrogen (secondary N) is 1. The first-order valence-corrected chi connectivity index (χ1v) is 13.3. The summed E-state index contributed by atoms with van der Waals surface area (Å²) < 4.78 is 12.1. The fourth-order valence-electron chi connectivity index (χ4n) is 3.07. The highest BCUT2D eigenvalue weighted by Crippen LogP contribution is 2.30. The Labute approximate surface area is 227 Å². The Morgan fingerprint density at radius 2 is 1.92 bits per heavy atom. The van der Waals surface area contributed by atoms with E-state index in [4.69, 9.17) is 32.7 Å². The maximum Gasteiger partial charge on any atom is 0.250 e. The summed E-state index contributed by atoms with van der Waals surface area (Å²) in [6.07, 6.45) is 1.55. The molecule has 3 aromatic carbocycles. The molecule has 1 heterocycles. The zero-order valence-corrected chi connectivity index (χ0v) is 22.3. The number of hydrogen-bond acceptors (Lipinski definition) is 7. The van der Waals surface area contributed by atoms with Crippen molar-refractivity contribution in [1.82, 2.24) is 10.4 Å². The van der Waals surface area contributed by atoms with Crippen LogP contribution >= 0.6 is 46.3 Å². The average Bonchev–Trinajstić information content (AvgIpc) is 3.37. The molecule has 0 saturated heterocycles. The predicted octanol–water partition coefficient (Wildman–Crippen LogP) is 6.95. The molecule has 0 spiro atoms. The van der Waals surface area contributed by atoms with Crippen LogP contribution in [0, 0.1) is 0 Å². The molecule has 0 saturated carbocycles. The Bertz CT molecular complexity index is 1360. The number of thioether (sulfide) groups is 1. The van der Waals surface area contributed by atoms with Gasteiger partial charge in [0.25, 0.3) is 5.91 Å². The zero-order valence-electron chi connectivity index (χ0n) is 19.1. The van der Waals surface area contributed by atoms with Crippen molar-refractivity contribution in [3.63, 3.8) is 0 Å². The number of hydrogen-bond donors (Lipinski definition) is 1. The van der Waals surface area contributed by atoms with Crippen LogP contribution < -0.4 is 14.9 Å². The van der Waals surface area contributed by atoms with Crippen molar-refractivity contribution < 1.29 is 14.3 Å². The van der Waals surface area contributed by atoms with Crippen LogP contribution in [0.25, 0.3) is 11.3 Å². The van der Waals surface area contributed by atoms with E-state index in [0.29, 0.717) is 28.2 Å². The molecule has 36 heavy (non-hydrogen) atoms. The second kappa shape index (κ2) is 12.8. The molecule has 0 bridgehead atoms.